The van der Waals surface area contributed by atoms with E-state index in [-0.39, 0.29) is 0 Å². The Morgan fingerprint density at radius 1 is 1.10 bits per heavy atom. The molecule has 0 amide bonds. The first kappa shape index (κ1) is 20.1. The SMILES string of the molecule is CCCCOP(=O)(OCCCC)C(O)[C@@H](N)CC(C)C. The van der Waals surface area contributed by atoms with E-state index in [2.05, 4.69) is 0 Å². The summed E-state index contributed by atoms with van der Waals surface area (Å²) in [7, 11) is -3.55. The summed E-state index contributed by atoms with van der Waals surface area (Å²) in [5, 5.41) is 10.2. The van der Waals surface area contributed by atoms with Crippen molar-refractivity contribution in [3.8, 4) is 0 Å². The van der Waals surface area contributed by atoms with Gasteiger partial charge >= 0.3 is 7.60 Å². The Hall–Kier alpha value is 0.0700. The van der Waals surface area contributed by atoms with Crippen molar-refractivity contribution in [1.29, 1.82) is 0 Å². The van der Waals surface area contributed by atoms with Gasteiger partial charge in [-0.2, -0.15) is 0 Å². The molecule has 0 aliphatic rings. The average Bonchev–Trinajstić information content (AvgIpc) is 2.37. The van der Waals surface area contributed by atoms with Gasteiger partial charge in [-0.25, -0.2) is 0 Å². The first-order chi connectivity index (χ1) is 9.37. The monoisotopic (exact) mass is 309 g/mol. The Bertz CT molecular complexity index is 272. The number of unbranched alkanes of at least 4 members (excludes halogenated alkanes) is 2. The fourth-order valence-electron chi connectivity index (χ4n) is 1.76. The normalized spacial score (nSPS) is 15.6. The Labute approximate surface area is 123 Å². The zero-order valence-corrected chi connectivity index (χ0v) is 14.3. The third-order valence-corrected chi connectivity index (χ3v) is 5.10. The van der Waals surface area contributed by atoms with Gasteiger partial charge in [0.25, 0.3) is 0 Å². The number of hydrogen-bond acceptors (Lipinski definition) is 5. The predicted octanol–water partition coefficient (Wildman–Crippen LogP) is 3.50. The molecule has 0 aromatic heterocycles. The maximum absolute atomic E-state index is 12.7. The molecule has 0 rings (SSSR count). The molecule has 0 aromatic carbocycles. The fraction of sp³-hybridized carbons (Fsp3) is 1.00. The summed E-state index contributed by atoms with van der Waals surface area (Å²) >= 11 is 0. The Balaban J connectivity index is 4.65. The lowest BCUT2D eigenvalue weighted by Gasteiger charge is -2.28. The van der Waals surface area contributed by atoms with Crippen LogP contribution in [0.15, 0.2) is 0 Å². The Kier molecular flexibility index (Phi) is 10.8. The van der Waals surface area contributed by atoms with Gasteiger partial charge in [0.1, 0.15) is 0 Å². The van der Waals surface area contributed by atoms with E-state index < -0.39 is 19.5 Å². The summed E-state index contributed by atoms with van der Waals surface area (Å²) < 4.78 is 23.5. The second-order valence-corrected chi connectivity index (χ2v) is 7.75. The molecule has 5 nitrogen and oxygen atoms in total. The maximum atomic E-state index is 12.7. The van der Waals surface area contributed by atoms with Gasteiger partial charge in [-0.3, -0.25) is 4.57 Å². The molecule has 0 saturated heterocycles. The van der Waals surface area contributed by atoms with E-state index in [0.29, 0.717) is 25.6 Å². The second-order valence-electron chi connectivity index (χ2n) is 5.62. The van der Waals surface area contributed by atoms with Gasteiger partial charge in [-0.15, -0.1) is 0 Å². The molecule has 0 heterocycles. The lowest BCUT2D eigenvalue weighted by Crippen LogP contribution is -2.36. The minimum atomic E-state index is -3.55. The summed E-state index contributed by atoms with van der Waals surface area (Å²) in [4.78, 5) is 0. The van der Waals surface area contributed by atoms with E-state index in [0.717, 1.165) is 25.7 Å². The van der Waals surface area contributed by atoms with Crippen molar-refractivity contribution in [2.45, 2.75) is 71.7 Å². The molecule has 20 heavy (non-hydrogen) atoms. The van der Waals surface area contributed by atoms with E-state index in [1.165, 1.54) is 0 Å². The number of aliphatic hydroxyl groups is 1. The summed E-state index contributed by atoms with van der Waals surface area (Å²) in [6.45, 7) is 8.71. The zero-order chi connectivity index (χ0) is 15.6. The minimum Gasteiger partial charge on any atom is -0.379 e. The molecule has 6 heteroatoms. The molecule has 0 saturated carbocycles. The van der Waals surface area contributed by atoms with E-state index in [1.807, 2.05) is 27.7 Å². The first-order valence-corrected chi connectivity index (χ1v) is 9.31. The van der Waals surface area contributed by atoms with Crippen LogP contribution in [0.5, 0.6) is 0 Å². The van der Waals surface area contributed by atoms with Crippen molar-refractivity contribution in [1.82, 2.24) is 0 Å². The van der Waals surface area contributed by atoms with Crippen LogP contribution in [0.2, 0.25) is 0 Å². The van der Waals surface area contributed by atoms with E-state index in [1.54, 1.807) is 0 Å². The first-order valence-electron chi connectivity index (χ1n) is 7.69. The highest BCUT2D eigenvalue weighted by molar-refractivity contribution is 7.54. The van der Waals surface area contributed by atoms with Gasteiger partial charge in [0.15, 0.2) is 5.85 Å². The van der Waals surface area contributed by atoms with Crippen molar-refractivity contribution in [3.63, 3.8) is 0 Å². The van der Waals surface area contributed by atoms with Crippen molar-refractivity contribution >= 4 is 7.60 Å². The van der Waals surface area contributed by atoms with Crippen LogP contribution in [0.4, 0.5) is 0 Å². The van der Waals surface area contributed by atoms with Crippen molar-refractivity contribution in [2.75, 3.05) is 13.2 Å². The highest BCUT2D eigenvalue weighted by Crippen LogP contribution is 2.53. The fourth-order valence-corrected chi connectivity index (χ4v) is 3.50. The van der Waals surface area contributed by atoms with Gasteiger partial charge in [0.2, 0.25) is 0 Å². The molecule has 0 aliphatic carbocycles. The Morgan fingerprint density at radius 2 is 1.55 bits per heavy atom. The molecular weight excluding hydrogens is 277 g/mol. The maximum Gasteiger partial charge on any atom is 0.360 e. The lowest BCUT2D eigenvalue weighted by molar-refractivity contribution is 0.121. The molecule has 0 fully saturated rings. The van der Waals surface area contributed by atoms with Crippen LogP contribution in [0, 0.1) is 5.92 Å². The largest absolute Gasteiger partial charge is 0.379 e. The molecule has 2 atom stereocenters. The number of nitrogens with two attached hydrogens (primary N) is 1. The molecule has 0 spiro atoms. The summed E-state index contributed by atoms with van der Waals surface area (Å²) in [5.74, 6) is -0.932. The third kappa shape index (κ3) is 7.75. The van der Waals surface area contributed by atoms with Gasteiger partial charge < -0.3 is 19.9 Å². The molecule has 0 bridgehead atoms. The van der Waals surface area contributed by atoms with Crippen molar-refractivity contribution < 1.29 is 18.7 Å². The smallest absolute Gasteiger partial charge is 0.360 e. The van der Waals surface area contributed by atoms with Crippen molar-refractivity contribution in [3.05, 3.63) is 0 Å². The highest BCUT2D eigenvalue weighted by Gasteiger charge is 2.38. The molecule has 0 aromatic rings. The van der Waals surface area contributed by atoms with Gasteiger partial charge in [0, 0.05) is 6.04 Å². The van der Waals surface area contributed by atoms with Crippen LogP contribution in [0.25, 0.3) is 0 Å². The molecular formula is C14H32NO4P. The Morgan fingerprint density at radius 3 is 1.90 bits per heavy atom. The van der Waals surface area contributed by atoms with Gasteiger partial charge in [0.05, 0.1) is 13.2 Å². The zero-order valence-electron chi connectivity index (χ0n) is 13.4. The third-order valence-electron chi connectivity index (χ3n) is 2.99. The van der Waals surface area contributed by atoms with Gasteiger partial charge in [-0.05, 0) is 25.2 Å². The average molecular weight is 309 g/mol. The topological polar surface area (TPSA) is 81.8 Å². The molecule has 0 radical (unpaired) electrons. The molecule has 0 aliphatic heterocycles. The summed E-state index contributed by atoms with van der Waals surface area (Å²) in [5.41, 5.74) is 5.93. The standard InChI is InChI=1S/C14H32NO4P/c1-5-7-9-18-20(17,19-10-8-6-2)14(16)13(15)11-12(3)4/h12-14,16H,5-11,15H2,1-4H3/t13-,14?/m0/s1. The highest BCUT2D eigenvalue weighted by atomic mass is 31.2. The van der Waals surface area contributed by atoms with Crippen LogP contribution >= 0.6 is 7.60 Å². The van der Waals surface area contributed by atoms with Crippen LogP contribution < -0.4 is 5.73 Å². The number of hydrogen-bond donors (Lipinski definition) is 2. The van der Waals surface area contributed by atoms with E-state index in [4.69, 9.17) is 14.8 Å². The van der Waals surface area contributed by atoms with Gasteiger partial charge in [-0.1, -0.05) is 40.5 Å². The van der Waals surface area contributed by atoms with Crippen LogP contribution in [0.1, 0.15) is 59.8 Å². The number of aliphatic hydroxyl groups excluding tert-OH is 1. The molecule has 122 valence electrons. The van der Waals surface area contributed by atoms with Crippen molar-refractivity contribution in [2.24, 2.45) is 11.7 Å². The lowest BCUT2D eigenvalue weighted by atomic mass is 10.1. The summed E-state index contributed by atoms with van der Waals surface area (Å²) in [6, 6.07) is -0.593. The molecule has 3 N–H and O–H groups in total. The second kappa shape index (κ2) is 10.7. The number of rotatable bonds is 12. The van der Waals surface area contributed by atoms with Crippen LogP contribution in [0.3, 0.4) is 0 Å². The minimum absolute atomic E-state index is 0.319. The van der Waals surface area contributed by atoms with E-state index in [9.17, 15) is 9.67 Å². The van der Waals surface area contributed by atoms with Crippen LogP contribution in [-0.2, 0) is 13.6 Å². The summed E-state index contributed by atoms with van der Waals surface area (Å²) in [6.07, 6.45) is 4.02. The van der Waals surface area contributed by atoms with E-state index >= 15 is 0 Å². The molecule has 1 unspecified atom stereocenters. The van der Waals surface area contributed by atoms with Crippen LogP contribution in [-0.4, -0.2) is 30.2 Å². The predicted molar refractivity (Wildman–Crippen MR) is 82.8 cm³/mol. The quantitative estimate of drug-likeness (QED) is 0.426.